The van der Waals surface area contributed by atoms with Gasteiger partial charge in [0, 0.05) is 0 Å². The Labute approximate surface area is 64.9 Å². The lowest BCUT2D eigenvalue weighted by Crippen LogP contribution is -2.16. The standard InChI is InChI=1S/C5H9ClO2S/c1-4(2-6)8-5(7)3-9/h4,9H,2-3H2,1H3. The number of carbonyl (C=O) groups is 1. The second-order valence-corrected chi connectivity index (χ2v) is 2.24. The summed E-state index contributed by atoms with van der Waals surface area (Å²) in [6.45, 7) is 1.73. The largest absolute Gasteiger partial charge is 0.461 e. The lowest BCUT2D eigenvalue weighted by Gasteiger charge is -2.07. The van der Waals surface area contributed by atoms with E-state index in [1.807, 2.05) is 0 Å². The van der Waals surface area contributed by atoms with Crippen molar-refractivity contribution >= 4 is 30.2 Å². The minimum Gasteiger partial charge on any atom is -0.461 e. The van der Waals surface area contributed by atoms with Crippen molar-refractivity contribution in [3.63, 3.8) is 0 Å². The summed E-state index contributed by atoms with van der Waals surface area (Å²) in [4.78, 5) is 10.4. The fourth-order valence-electron chi connectivity index (χ4n) is 0.293. The minimum absolute atomic E-state index is 0.112. The van der Waals surface area contributed by atoms with E-state index in [1.165, 1.54) is 0 Å². The molecule has 0 aromatic rings. The monoisotopic (exact) mass is 168 g/mol. The predicted molar refractivity (Wildman–Crippen MR) is 40.1 cm³/mol. The number of alkyl halides is 1. The molecule has 0 heterocycles. The van der Waals surface area contributed by atoms with E-state index >= 15 is 0 Å². The van der Waals surface area contributed by atoms with Crippen LogP contribution in [0.1, 0.15) is 6.92 Å². The maximum atomic E-state index is 10.4. The van der Waals surface area contributed by atoms with E-state index in [4.69, 9.17) is 16.3 Å². The fraction of sp³-hybridized carbons (Fsp3) is 0.800. The van der Waals surface area contributed by atoms with Gasteiger partial charge in [-0.05, 0) is 6.92 Å². The molecule has 54 valence electrons. The Morgan fingerprint density at radius 3 is 2.78 bits per heavy atom. The molecule has 9 heavy (non-hydrogen) atoms. The predicted octanol–water partition coefficient (Wildman–Crippen LogP) is 1.09. The molecule has 4 heteroatoms. The molecule has 0 bridgehead atoms. The van der Waals surface area contributed by atoms with Crippen LogP contribution in [0.5, 0.6) is 0 Å². The second kappa shape index (κ2) is 4.94. The van der Waals surface area contributed by atoms with E-state index in [-0.39, 0.29) is 17.8 Å². The average Bonchev–Trinajstić information content (AvgIpc) is 1.87. The van der Waals surface area contributed by atoms with Crippen LogP contribution in [0.25, 0.3) is 0 Å². The molecule has 2 nitrogen and oxygen atoms in total. The smallest absolute Gasteiger partial charge is 0.315 e. The number of esters is 1. The summed E-state index contributed by atoms with van der Waals surface area (Å²) in [6, 6.07) is 0. The molecule has 0 fully saturated rings. The van der Waals surface area contributed by atoms with Crippen LogP contribution in [0, 0.1) is 0 Å². The van der Waals surface area contributed by atoms with Gasteiger partial charge < -0.3 is 4.74 Å². The van der Waals surface area contributed by atoms with Crippen LogP contribution >= 0.6 is 24.2 Å². The number of thiol groups is 1. The molecular weight excluding hydrogens is 160 g/mol. The van der Waals surface area contributed by atoms with Crippen LogP contribution in [0.3, 0.4) is 0 Å². The lowest BCUT2D eigenvalue weighted by molar-refractivity contribution is -0.143. The first-order chi connectivity index (χ1) is 4.20. The zero-order valence-corrected chi connectivity index (χ0v) is 6.78. The third-order valence-corrected chi connectivity index (χ3v) is 1.37. The minimum atomic E-state index is -0.327. The highest BCUT2D eigenvalue weighted by Gasteiger charge is 2.04. The lowest BCUT2D eigenvalue weighted by atomic mass is 10.5. The van der Waals surface area contributed by atoms with Gasteiger partial charge in [-0.3, -0.25) is 4.79 Å². The number of ether oxygens (including phenoxy) is 1. The third-order valence-electron chi connectivity index (χ3n) is 0.679. The highest BCUT2D eigenvalue weighted by molar-refractivity contribution is 7.81. The summed E-state index contributed by atoms with van der Waals surface area (Å²) >= 11 is 9.06. The van der Waals surface area contributed by atoms with Gasteiger partial charge in [-0.25, -0.2) is 0 Å². The number of hydrogen-bond acceptors (Lipinski definition) is 3. The van der Waals surface area contributed by atoms with Crippen LogP contribution in [0.15, 0.2) is 0 Å². The summed E-state index contributed by atoms with van der Waals surface area (Å²) in [6.07, 6.45) is -0.202. The number of rotatable bonds is 3. The zero-order chi connectivity index (χ0) is 7.28. The van der Waals surface area contributed by atoms with Gasteiger partial charge in [-0.1, -0.05) is 0 Å². The molecular formula is C5H9ClO2S. The Hall–Kier alpha value is 0.110. The highest BCUT2D eigenvalue weighted by Crippen LogP contribution is 1.94. The summed E-state index contributed by atoms with van der Waals surface area (Å²) < 4.78 is 4.70. The van der Waals surface area contributed by atoms with Gasteiger partial charge in [0.2, 0.25) is 0 Å². The van der Waals surface area contributed by atoms with Gasteiger partial charge in [0.15, 0.2) is 0 Å². The molecule has 1 atom stereocenters. The van der Waals surface area contributed by atoms with E-state index in [2.05, 4.69) is 12.6 Å². The van der Waals surface area contributed by atoms with E-state index in [1.54, 1.807) is 6.92 Å². The Bertz CT molecular complexity index is 97.0. The van der Waals surface area contributed by atoms with E-state index in [0.717, 1.165) is 0 Å². The average molecular weight is 169 g/mol. The molecule has 0 saturated heterocycles. The summed E-state index contributed by atoms with van der Waals surface area (Å²) in [5.41, 5.74) is 0. The SMILES string of the molecule is CC(CCl)OC(=O)CS. The van der Waals surface area contributed by atoms with Crippen molar-refractivity contribution in [2.45, 2.75) is 13.0 Å². The number of hydrogen-bond donors (Lipinski definition) is 1. The van der Waals surface area contributed by atoms with Gasteiger partial charge in [-0.2, -0.15) is 12.6 Å². The fourth-order valence-corrected chi connectivity index (χ4v) is 0.431. The molecule has 0 aliphatic rings. The molecule has 0 saturated carbocycles. The molecule has 0 aromatic heterocycles. The van der Waals surface area contributed by atoms with E-state index in [9.17, 15) is 4.79 Å². The second-order valence-electron chi connectivity index (χ2n) is 1.61. The van der Waals surface area contributed by atoms with Crippen LogP contribution in [0.4, 0.5) is 0 Å². The quantitative estimate of drug-likeness (QED) is 0.388. The maximum absolute atomic E-state index is 10.4. The highest BCUT2D eigenvalue weighted by atomic mass is 35.5. The normalized spacial score (nSPS) is 12.8. The first-order valence-electron chi connectivity index (χ1n) is 2.57. The summed E-state index contributed by atoms with van der Waals surface area (Å²) in [5.74, 6) is 0.118. The molecule has 0 aliphatic heterocycles. The topological polar surface area (TPSA) is 26.3 Å². The molecule has 0 radical (unpaired) electrons. The van der Waals surface area contributed by atoms with Gasteiger partial charge >= 0.3 is 5.97 Å². The molecule has 0 aromatic carbocycles. The van der Waals surface area contributed by atoms with Gasteiger partial charge in [0.1, 0.15) is 6.10 Å². The van der Waals surface area contributed by atoms with Crippen molar-refractivity contribution in [1.29, 1.82) is 0 Å². The first-order valence-corrected chi connectivity index (χ1v) is 3.73. The van der Waals surface area contributed by atoms with E-state index < -0.39 is 0 Å². The van der Waals surface area contributed by atoms with E-state index in [0.29, 0.717) is 5.88 Å². The molecule has 0 N–H and O–H groups in total. The van der Waals surface area contributed by atoms with Crippen LogP contribution < -0.4 is 0 Å². The summed E-state index contributed by atoms with van der Waals surface area (Å²) in [5, 5.41) is 0. The molecule has 0 aliphatic carbocycles. The molecule has 1 unspecified atom stereocenters. The van der Waals surface area contributed by atoms with Crippen LogP contribution in [-0.4, -0.2) is 23.7 Å². The Balaban J connectivity index is 3.34. The van der Waals surface area contributed by atoms with Crippen molar-refractivity contribution in [3.8, 4) is 0 Å². The number of halogens is 1. The Morgan fingerprint density at radius 2 is 2.44 bits per heavy atom. The van der Waals surface area contributed by atoms with Crippen LogP contribution in [-0.2, 0) is 9.53 Å². The van der Waals surface area contributed by atoms with Crippen molar-refractivity contribution in [2.75, 3.05) is 11.6 Å². The van der Waals surface area contributed by atoms with Crippen molar-refractivity contribution < 1.29 is 9.53 Å². The Kier molecular flexibility index (Phi) is 5.00. The van der Waals surface area contributed by atoms with Gasteiger partial charge in [0.05, 0.1) is 11.6 Å². The van der Waals surface area contributed by atoms with Gasteiger partial charge in [0.25, 0.3) is 0 Å². The number of carbonyl (C=O) groups excluding carboxylic acids is 1. The van der Waals surface area contributed by atoms with Crippen molar-refractivity contribution in [2.24, 2.45) is 0 Å². The van der Waals surface area contributed by atoms with Crippen molar-refractivity contribution in [1.82, 2.24) is 0 Å². The van der Waals surface area contributed by atoms with Crippen LogP contribution in [0.2, 0.25) is 0 Å². The summed E-state index contributed by atoms with van der Waals surface area (Å²) in [7, 11) is 0. The zero-order valence-electron chi connectivity index (χ0n) is 5.13. The molecule has 0 amide bonds. The third kappa shape index (κ3) is 4.60. The van der Waals surface area contributed by atoms with Gasteiger partial charge in [-0.15, -0.1) is 11.6 Å². The first kappa shape index (κ1) is 9.11. The Morgan fingerprint density at radius 1 is 1.89 bits per heavy atom. The molecule has 0 spiro atoms. The molecule has 0 rings (SSSR count). The van der Waals surface area contributed by atoms with Crippen molar-refractivity contribution in [3.05, 3.63) is 0 Å². The maximum Gasteiger partial charge on any atom is 0.315 e.